The second kappa shape index (κ2) is 10.3. The summed E-state index contributed by atoms with van der Waals surface area (Å²) in [6.07, 6.45) is 2.50. The van der Waals surface area contributed by atoms with Crippen LogP contribution in [-0.4, -0.2) is 15.9 Å². The van der Waals surface area contributed by atoms with Crippen molar-refractivity contribution in [1.82, 2.24) is 9.66 Å². The highest BCUT2D eigenvalue weighted by Gasteiger charge is 2.15. The Morgan fingerprint density at radius 2 is 1.97 bits per heavy atom. The topological polar surface area (TPSA) is 56.5 Å². The molecule has 0 aliphatic carbocycles. The molecule has 7 heteroatoms. The van der Waals surface area contributed by atoms with E-state index in [1.165, 1.54) is 4.68 Å². The van der Waals surface area contributed by atoms with Crippen LogP contribution >= 0.6 is 27.5 Å². The van der Waals surface area contributed by atoms with Gasteiger partial charge in [-0.3, -0.25) is 4.79 Å². The molecular weight excluding hydrogens is 502 g/mol. The van der Waals surface area contributed by atoms with E-state index in [-0.39, 0.29) is 11.5 Å². The van der Waals surface area contributed by atoms with Gasteiger partial charge in [-0.25, -0.2) is 4.98 Å². The van der Waals surface area contributed by atoms with Crippen LogP contribution in [0.1, 0.15) is 43.1 Å². The molecule has 0 aliphatic rings. The van der Waals surface area contributed by atoms with Gasteiger partial charge in [0.1, 0.15) is 18.2 Å². The van der Waals surface area contributed by atoms with Gasteiger partial charge in [0, 0.05) is 21.0 Å². The Bertz CT molecular complexity index is 1380. The highest BCUT2D eigenvalue weighted by atomic mass is 79.9. The van der Waals surface area contributed by atoms with Crippen LogP contribution in [0, 0.1) is 0 Å². The van der Waals surface area contributed by atoms with Crippen LogP contribution in [0.15, 0.2) is 81.1 Å². The van der Waals surface area contributed by atoms with Gasteiger partial charge < -0.3 is 4.74 Å². The smallest absolute Gasteiger partial charge is 0.282 e. The molecule has 1 heterocycles. The average molecular weight is 525 g/mol. The second-order valence-corrected chi connectivity index (χ2v) is 9.08. The minimum Gasteiger partial charge on any atom is -0.489 e. The van der Waals surface area contributed by atoms with Crippen molar-refractivity contribution < 1.29 is 4.74 Å². The minimum absolute atomic E-state index is 0.0770. The first-order chi connectivity index (χ1) is 16.0. The van der Waals surface area contributed by atoms with Crippen molar-refractivity contribution in [3.63, 3.8) is 0 Å². The highest BCUT2D eigenvalue weighted by molar-refractivity contribution is 9.10. The number of ether oxygens (including phenoxy) is 1. The van der Waals surface area contributed by atoms with Crippen molar-refractivity contribution in [3.8, 4) is 5.75 Å². The predicted molar refractivity (Wildman–Crippen MR) is 138 cm³/mol. The lowest BCUT2D eigenvalue weighted by molar-refractivity contribution is 0.306. The summed E-state index contributed by atoms with van der Waals surface area (Å²) < 4.78 is 8.13. The second-order valence-electron chi connectivity index (χ2n) is 7.75. The quantitative estimate of drug-likeness (QED) is 0.250. The number of rotatable bonds is 7. The van der Waals surface area contributed by atoms with E-state index in [1.807, 2.05) is 67.6 Å². The van der Waals surface area contributed by atoms with Gasteiger partial charge in [-0.15, -0.1) is 0 Å². The van der Waals surface area contributed by atoms with E-state index in [9.17, 15) is 4.79 Å². The van der Waals surface area contributed by atoms with E-state index in [0.29, 0.717) is 34.1 Å². The molecule has 33 heavy (non-hydrogen) atoms. The van der Waals surface area contributed by atoms with Crippen molar-refractivity contribution in [2.45, 2.75) is 32.8 Å². The van der Waals surface area contributed by atoms with Crippen molar-refractivity contribution in [1.29, 1.82) is 0 Å². The molecule has 3 aromatic carbocycles. The summed E-state index contributed by atoms with van der Waals surface area (Å²) in [5.74, 6) is 1.40. The summed E-state index contributed by atoms with van der Waals surface area (Å²) in [7, 11) is 0. The summed E-state index contributed by atoms with van der Waals surface area (Å²) in [6.45, 7) is 4.47. The predicted octanol–water partition coefficient (Wildman–Crippen LogP) is 6.79. The fourth-order valence-electron chi connectivity index (χ4n) is 3.36. The van der Waals surface area contributed by atoms with Crippen LogP contribution in [0.4, 0.5) is 0 Å². The molecule has 1 atom stereocenters. The minimum atomic E-state index is -0.195. The van der Waals surface area contributed by atoms with Gasteiger partial charge in [0.2, 0.25) is 0 Å². The van der Waals surface area contributed by atoms with Crippen LogP contribution in [0.2, 0.25) is 5.02 Å². The van der Waals surface area contributed by atoms with E-state index in [0.717, 1.165) is 22.0 Å². The Morgan fingerprint density at radius 3 is 2.76 bits per heavy atom. The molecule has 0 N–H and O–H groups in total. The number of hydrogen-bond acceptors (Lipinski definition) is 4. The van der Waals surface area contributed by atoms with E-state index in [4.69, 9.17) is 21.3 Å². The Hall–Kier alpha value is -2.96. The fraction of sp³-hybridized carbons (Fsp3) is 0.192. The van der Waals surface area contributed by atoms with Gasteiger partial charge in [0.15, 0.2) is 0 Å². The average Bonchev–Trinajstić information content (AvgIpc) is 2.83. The molecule has 0 unspecified atom stereocenters. The zero-order valence-corrected chi connectivity index (χ0v) is 20.7. The summed E-state index contributed by atoms with van der Waals surface area (Å²) in [5, 5.41) is 5.71. The molecule has 5 nitrogen and oxygen atoms in total. The molecule has 0 saturated carbocycles. The Kier molecular flexibility index (Phi) is 7.26. The summed E-state index contributed by atoms with van der Waals surface area (Å²) in [4.78, 5) is 18.0. The lowest BCUT2D eigenvalue weighted by Gasteiger charge is -2.14. The standard InChI is InChI=1S/C26H23BrClN3O2/c1-3-17(2)25-30-24-12-11-20(27)14-22(24)26(32)31(25)29-15-18-7-6-9-21(13-18)33-16-19-8-4-5-10-23(19)28/h4-15,17H,3,16H2,1-2H3/t17-/m0/s1. The van der Waals surface area contributed by atoms with E-state index in [1.54, 1.807) is 12.3 Å². The molecule has 0 amide bonds. The third-order valence-corrected chi connectivity index (χ3v) is 6.28. The number of fused-ring (bicyclic) bond motifs is 1. The van der Waals surface area contributed by atoms with Gasteiger partial charge in [-0.1, -0.05) is 71.7 Å². The molecule has 0 radical (unpaired) electrons. The first-order valence-electron chi connectivity index (χ1n) is 10.7. The maximum atomic E-state index is 13.3. The van der Waals surface area contributed by atoms with Gasteiger partial charge >= 0.3 is 0 Å². The number of hydrogen-bond donors (Lipinski definition) is 0. The maximum absolute atomic E-state index is 13.3. The molecule has 0 spiro atoms. The van der Waals surface area contributed by atoms with Crippen LogP contribution in [0.25, 0.3) is 10.9 Å². The molecule has 0 aliphatic heterocycles. The van der Waals surface area contributed by atoms with Crippen molar-refractivity contribution >= 4 is 44.6 Å². The molecule has 4 rings (SSSR count). The van der Waals surface area contributed by atoms with Gasteiger partial charge in [0.25, 0.3) is 5.56 Å². The van der Waals surface area contributed by atoms with Crippen LogP contribution in [0.5, 0.6) is 5.75 Å². The SMILES string of the molecule is CC[C@H](C)c1nc2ccc(Br)cc2c(=O)n1N=Cc1cccc(OCc2ccccc2Cl)c1. The van der Waals surface area contributed by atoms with Crippen LogP contribution < -0.4 is 10.3 Å². The molecule has 0 fully saturated rings. The zero-order chi connectivity index (χ0) is 23.4. The number of nitrogens with zero attached hydrogens (tertiary/aromatic N) is 3. The van der Waals surface area contributed by atoms with Gasteiger partial charge in [0.05, 0.1) is 17.1 Å². The molecule has 0 saturated heterocycles. The number of halogens is 2. The third-order valence-electron chi connectivity index (χ3n) is 5.42. The lowest BCUT2D eigenvalue weighted by Crippen LogP contribution is -2.23. The highest BCUT2D eigenvalue weighted by Crippen LogP contribution is 2.22. The largest absolute Gasteiger partial charge is 0.489 e. The van der Waals surface area contributed by atoms with E-state index in [2.05, 4.69) is 28.0 Å². The van der Waals surface area contributed by atoms with Crippen LogP contribution in [0.3, 0.4) is 0 Å². The molecule has 168 valence electrons. The summed E-state index contributed by atoms with van der Waals surface area (Å²) >= 11 is 9.65. The van der Waals surface area contributed by atoms with E-state index >= 15 is 0 Å². The number of benzene rings is 3. The van der Waals surface area contributed by atoms with Crippen molar-refractivity contribution in [2.24, 2.45) is 5.10 Å². The number of aromatic nitrogens is 2. The normalized spacial score (nSPS) is 12.4. The monoisotopic (exact) mass is 523 g/mol. The molecule has 0 bridgehead atoms. The van der Waals surface area contributed by atoms with Crippen LogP contribution in [-0.2, 0) is 6.61 Å². The Labute approximate surface area is 205 Å². The zero-order valence-electron chi connectivity index (χ0n) is 18.3. The van der Waals surface area contributed by atoms with Crippen molar-refractivity contribution in [2.75, 3.05) is 0 Å². The van der Waals surface area contributed by atoms with Crippen molar-refractivity contribution in [3.05, 3.63) is 104 Å². The Balaban J connectivity index is 1.65. The third kappa shape index (κ3) is 5.34. The molecule has 1 aromatic heterocycles. The summed E-state index contributed by atoms with van der Waals surface area (Å²) in [6, 6.07) is 20.6. The molecular formula is C26H23BrClN3O2. The summed E-state index contributed by atoms with van der Waals surface area (Å²) in [5.41, 5.74) is 2.19. The van der Waals surface area contributed by atoms with E-state index < -0.39 is 0 Å². The molecule has 4 aromatic rings. The maximum Gasteiger partial charge on any atom is 0.282 e. The fourth-order valence-corrected chi connectivity index (χ4v) is 3.92. The Morgan fingerprint density at radius 1 is 1.15 bits per heavy atom. The first-order valence-corrected chi connectivity index (χ1v) is 11.9. The van der Waals surface area contributed by atoms with Gasteiger partial charge in [-0.2, -0.15) is 9.78 Å². The lowest BCUT2D eigenvalue weighted by atomic mass is 10.1. The first kappa shape index (κ1) is 23.2. The van der Waals surface area contributed by atoms with Gasteiger partial charge in [-0.05, 0) is 48.4 Å².